The summed E-state index contributed by atoms with van der Waals surface area (Å²) in [5.41, 5.74) is 0.660. The molecule has 1 saturated heterocycles. The summed E-state index contributed by atoms with van der Waals surface area (Å²) >= 11 is 0.757. The van der Waals surface area contributed by atoms with Crippen molar-refractivity contribution in [2.45, 2.75) is 13.8 Å². The van der Waals surface area contributed by atoms with Crippen LogP contribution in [0.4, 0.5) is 4.79 Å². The largest absolute Gasteiger partial charge is 0.465 e. The first-order valence-electron chi connectivity index (χ1n) is 7.10. The number of rotatable bonds is 5. The van der Waals surface area contributed by atoms with Crippen molar-refractivity contribution in [2.75, 3.05) is 13.2 Å². The third-order valence-electron chi connectivity index (χ3n) is 2.91. The van der Waals surface area contributed by atoms with Crippen molar-refractivity contribution in [1.82, 2.24) is 4.90 Å². The maximum atomic E-state index is 12.2. The van der Waals surface area contributed by atoms with Crippen molar-refractivity contribution in [2.24, 2.45) is 0 Å². The van der Waals surface area contributed by atoms with Crippen LogP contribution in [0.15, 0.2) is 29.2 Å². The van der Waals surface area contributed by atoms with E-state index in [1.165, 1.54) is 13.0 Å². The van der Waals surface area contributed by atoms with Crippen LogP contribution >= 0.6 is 11.8 Å². The predicted octanol–water partition coefficient (Wildman–Crippen LogP) is 2.21. The second kappa shape index (κ2) is 7.78. The molecule has 0 saturated carbocycles. The molecule has 24 heavy (non-hydrogen) atoms. The quantitative estimate of drug-likeness (QED) is 0.457. The zero-order chi connectivity index (χ0) is 17.7. The maximum absolute atomic E-state index is 12.2. The van der Waals surface area contributed by atoms with E-state index in [4.69, 9.17) is 9.47 Å². The highest BCUT2D eigenvalue weighted by Crippen LogP contribution is 2.32. The molecule has 1 aliphatic heterocycles. The molecular formula is C16H15NO6S. The van der Waals surface area contributed by atoms with Gasteiger partial charge in [0.15, 0.2) is 0 Å². The van der Waals surface area contributed by atoms with E-state index in [2.05, 4.69) is 0 Å². The van der Waals surface area contributed by atoms with E-state index < -0.39 is 29.6 Å². The Labute approximate surface area is 142 Å². The second-order valence-electron chi connectivity index (χ2n) is 4.74. The average molecular weight is 349 g/mol. The molecule has 0 spiro atoms. The van der Waals surface area contributed by atoms with E-state index in [0.29, 0.717) is 11.3 Å². The van der Waals surface area contributed by atoms with Crippen LogP contribution in [0.1, 0.15) is 19.4 Å². The molecule has 2 rings (SSSR count). The van der Waals surface area contributed by atoms with Gasteiger partial charge in [-0.25, -0.2) is 0 Å². The molecule has 1 aliphatic rings. The normalized spacial score (nSPS) is 15.8. The number of hydrogen-bond donors (Lipinski definition) is 0. The molecular weight excluding hydrogens is 334 g/mol. The predicted molar refractivity (Wildman–Crippen MR) is 87.1 cm³/mol. The van der Waals surface area contributed by atoms with Gasteiger partial charge < -0.3 is 9.47 Å². The van der Waals surface area contributed by atoms with Gasteiger partial charge in [0.25, 0.3) is 11.1 Å². The molecule has 2 amide bonds. The molecule has 8 heteroatoms. The van der Waals surface area contributed by atoms with E-state index in [0.717, 1.165) is 16.7 Å². The van der Waals surface area contributed by atoms with Gasteiger partial charge in [-0.15, -0.1) is 0 Å². The third kappa shape index (κ3) is 4.45. The summed E-state index contributed by atoms with van der Waals surface area (Å²) in [4.78, 5) is 47.4. The Kier molecular flexibility index (Phi) is 5.75. The Balaban J connectivity index is 2.10. The summed E-state index contributed by atoms with van der Waals surface area (Å²) in [6.07, 6.45) is 1.54. The maximum Gasteiger partial charge on any atom is 0.326 e. The fourth-order valence-electron chi connectivity index (χ4n) is 1.92. The second-order valence-corrected chi connectivity index (χ2v) is 5.73. The first-order valence-corrected chi connectivity index (χ1v) is 7.92. The monoisotopic (exact) mass is 349 g/mol. The standard InChI is InChI=1S/C16H15NO6S/c1-3-22-14(19)9-17-15(20)13(24-16(17)21)8-11-4-6-12(7-5-11)23-10(2)18/h4-8H,3,9H2,1-2H3/b13-8-. The number of esters is 2. The Hall–Kier alpha value is -2.61. The van der Waals surface area contributed by atoms with Crippen molar-refractivity contribution in [3.05, 3.63) is 34.7 Å². The number of hydrogen-bond acceptors (Lipinski definition) is 7. The number of amides is 2. The molecule has 1 heterocycles. The average Bonchev–Trinajstić information content (AvgIpc) is 2.77. The van der Waals surface area contributed by atoms with E-state index >= 15 is 0 Å². The van der Waals surface area contributed by atoms with E-state index in [1.807, 2.05) is 0 Å². The van der Waals surface area contributed by atoms with Gasteiger partial charge in [-0.2, -0.15) is 0 Å². The van der Waals surface area contributed by atoms with E-state index in [1.54, 1.807) is 31.2 Å². The van der Waals surface area contributed by atoms with Crippen LogP contribution in [0, 0.1) is 0 Å². The Morgan fingerprint density at radius 1 is 1.21 bits per heavy atom. The SMILES string of the molecule is CCOC(=O)CN1C(=O)S/C(=C\c2ccc(OC(C)=O)cc2)C1=O. The molecule has 1 aromatic carbocycles. The molecule has 126 valence electrons. The van der Waals surface area contributed by atoms with Crippen molar-refractivity contribution >= 4 is 40.9 Å². The first-order chi connectivity index (χ1) is 11.4. The number of ether oxygens (including phenoxy) is 2. The number of imide groups is 1. The minimum atomic E-state index is -0.633. The van der Waals surface area contributed by atoms with Crippen LogP contribution < -0.4 is 4.74 Å². The molecule has 1 fully saturated rings. The molecule has 0 atom stereocenters. The molecule has 0 N–H and O–H groups in total. The Bertz CT molecular complexity index is 710. The summed E-state index contributed by atoms with van der Waals surface area (Å²) in [6, 6.07) is 6.46. The lowest BCUT2D eigenvalue weighted by molar-refractivity contribution is -0.146. The van der Waals surface area contributed by atoms with Gasteiger partial charge in [0.2, 0.25) is 0 Å². The number of carbonyl (C=O) groups is 4. The van der Waals surface area contributed by atoms with Crippen LogP contribution in [0.2, 0.25) is 0 Å². The minimum Gasteiger partial charge on any atom is -0.465 e. The van der Waals surface area contributed by atoms with Gasteiger partial charge in [-0.05, 0) is 42.5 Å². The molecule has 0 bridgehead atoms. The summed E-state index contributed by atoms with van der Waals surface area (Å²) in [7, 11) is 0. The zero-order valence-corrected chi connectivity index (χ0v) is 13.9. The van der Waals surface area contributed by atoms with Crippen LogP contribution in [-0.4, -0.2) is 41.1 Å². The molecule has 1 aromatic rings. The van der Waals surface area contributed by atoms with E-state index in [-0.39, 0.29) is 11.5 Å². The molecule has 7 nitrogen and oxygen atoms in total. The van der Waals surface area contributed by atoms with Gasteiger partial charge in [0.05, 0.1) is 11.5 Å². The molecule has 0 radical (unpaired) electrons. The fourth-order valence-corrected chi connectivity index (χ4v) is 2.76. The third-order valence-corrected chi connectivity index (χ3v) is 3.81. The van der Waals surface area contributed by atoms with Crippen molar-refractivity contribution in [1.29, 1.82) is 0 Å². The number of nitrogens with zero attached hydrogens (tertiary/aromatic N) is 1. The van der Waals surface area contributed by atoms with Gasteiger partial charge in [0.1, 0.15) is 12.3 Å². The van der Waals surface area contributed by atoms with Crippen LogP contribution in [0.3, 0.4) is 0 Å². The Morgan fingerprint density at radius 2 is 1.88 bits per heavy atom. The van der Waals surface area contributed by atoms with Crippen LogP contribution in [0.5, 0.6) is 5.75 Å². The minimum absolute atomic E-state index is 0.180. The van der Waals surface area contributed by atoms with E-state index in [9.17, 15) is 19.2 Å². The number of thioether (sulfide) groups is 1. The van der Waals surface area contributed by atoms with Crippen molar-refractivity contribution < 1.29 is 28.7 Å². The Morgan fingerprint density at radius 3 is 2.46 bits per heavy atom. The highest BCUT2D eigenvalue weighted by molar-refractivity contribution is 8.18. The number of benzene rings is 1. The van der Waals surface area contributed by atoms with Crippen LogP contribution in [0.25, 0.3) is 6.08 Å². The summed E-state index contributed by atoms with van der Waals surface area (Å²) < 4.78 is 9.66. The lowest BCUT2D eigenvalue weighted by Gasteiger charge is -2.10. The summed E-state index contributed by atoms with van der Waals surface area (Å²) in [5, 5.41) is -0.518. The van der Waals surface area contributed by atoms with Crippen LogP contribution in [-0.2, 0) is 19.1 Å². The lowest BCUT2D eigenvalue weighted by atomic mass is 10.2. The van der Waals surface area contributed by atoms with Crippen molar-refractivity contribution in [3.8, 4) is 5.75 Å². The highest BCUT2D eigenvalue weighted by Gasteiger charge is 2.36. The topological polar surface area (TPSA) is 90.0 Å². The van der Waals surface area contributed by atoms with Gasteiger partial charge in [-0.3, -0.25) is 24.1 Å². The van der Waals surface area contributed by atoms with Gasteiger partial charge >= 0.3 is 11.9 Å². The molecule has 0 aliphatic carbocycles. The smallest absolute Gasteiger partial charge is 0.326 e. The lowest BCUT2D eigenvalue weighted by Crippen LogP contribution is -2.34. The molecule has 0 unspecified atom stereocenters. The summed E-state index contributed by atoms with van der Waals surface area (Å²) in [6.45, 7) is 2.72. The molecule has 0 aromatic heterocycles. The zero-order valence-electron chi connectivity index (χ0n) is 13.1. The van der Waals surface area contributed by atoms with Crippen molar-refractivity contribution in [3.63, 3.8) is 0 Å². The summed E-state index contributed by atoms with van der Waals surface area (Å²) in [5.74, 6) is -1.22. The van der Waals surface area contributed by atoms with Gasteiger partial charge in [-0.1, -0.05) is 12.1 Å². The fraction of sp³-hybridized carbons (Fsp3) is 0.250. The number of carbonyl (C=O) groups excluding carboxylic acids is 4. The highest BCUT2D eigenvalue weighted by atomic mass is 32.2. The first kappa shape index (κ1) is 17.7. The van der Waals surface area contributed by atoms with Gasteiger partial charge in [0, 0.05) is 6.92 Å².